The van der Waals surface area contributed by atoms with Crippen molar-refractivity contribution in [3.05, 3.63) is 64.7 Å². The first kappa shape index (κ1) is 14.1. The summed E-state index contributed by atoms with van der Waals surface area (Å²) in [6, 6.07) is 13.5. The number of hydrazine groups is 1. The molecule has 2 aromatic carbocycles. The Hall–Kier alpha value is -2.29. The van der Waals surface area contributed by atoms with E-state index in [2.05, 4.69) is 24.5 Å². The van der Waals surface area contributed by atoms with Crippen molar-refractivity contribution in [2.45, 2.75) is 20.8 Å². The quantitative estimate of drug-likeness (QED) is 0.861. The average molecular weight is 268 g/mol. The first-order valence-electron chi connectivity index (χ1n) is 6.66. The molecule has 0 heterocycles. The molecule has 0 atom stereocenters. The third-order valence-corrected chi connectivity index (χ3v) is 3.28. The van der Waals surface area contributed by atoms with E-state index in [0.29, 0.717) is 5.56 Å². The van der Waals surface area contributed by atoms with Crippen LogP contribution in [-0.2, 0) is 0 Å². The summed E-state index contributed by atoms with van der Waals surface area (Å²) in [5.41, 5.74) is 8.34. The van der Waals surface area contributed by atoms with Crippen molar-refractivity contribution in [2.24, 2.45) is 0 Å². The van der Waals surface area contributed by atoms with E-state index in [4.69, 9.17) is 0 Å². The molecular formula is C17H20N2O. The zero-order valence-corrected chi connectivity index (χ0v) is 12.4. The summed E-state index contributed by atoms with van der Waals surface area (Å²) in [5.74, 6) is -0.0509. The van der Waals surface area contributed by atoms with Gasteiger partial charge in [0.25, 0.3) is 5.91 Å². The summed E-state index contributed by atoms with van der Waals surface area (Å²) in [4.78, 5) is 12.3. The predicted octanol–water partition coefficient (Wildman–Crippen LogP) is 3.71. The Morgan fingerprint density at radius 2 is 1.55 bits per heavy atom. The second kappa shape index (κ2) is 5.78. The smallest absolute Gasteiger partial charge is 0.271 e. The largest absolute Gasteiger partial charge is 0.296 e. The monoisotopic (exact) mass is 268 g/mol. The number of anilines is 1. The van der Waals surface area contributed by atoms with Crippen molar-refractivity contribution < 1.29 is 4.79 Å². The Labute approximate surface area is 120 Å². The number of nitrogens with zero attached hydrogens (tertiary/aromatic N) is 1. The normalized spacial score (nSPS) is 10.2. The highest BCUT2D eigenvalue weighted by molar-refractivity contribution is 5.94. The molecule has 0 saturated carbocycles. The predicted molar refractivity (Wildman–Crippen MR) is 82.8 cm³/mol. The molecule has 2 rings (SSSR count). The summed E-state index contributed by atoms with van der Waals surface area (Å²) in [5, 5.41) is 1.53. The van der Waals surface area contributed by atoms with Gasteiger partial charge in [-0.05, 0) is 44.0 Å². The number of aryl methyl sites for hydroxylation is 3. The van der Waals surface area contributed by atoms with Crippen LogP contribution in [-0.4, -0.2) is 18.0 Å². The molecule has 0 spiro atoms. The molecule has 104 valence electrons. The van der Waals surface area contributed by atoms with Crippen LogP contribution in [0.5, 0.6) is 0 Å². The lowest BCUT2D eigenvalue weighted by Gasteiger charge is -2.22. The Morgan fingerprint density at radius 1 is 1.00 bits per heavy atom. The van der Waals surface area contributed by atoms with Crippen LogP contribution >= 0.6 is 0 Å². The van der Waals surface area contributed by atoms with Crippen molar-refractivity contribution in [2.75, 3.05) is 12.5 Å². The number of carbonyl (C=O) groups is 1. The molecule has 0 aliphatic carbocycles. The zero-order chi connectivity index (χ0) is 14.7. The summed E-state index contributed by atoms with van der Waals surface area (Å²) in [7, 11) is 1.74. The SMILES string of the molecule is Cc1cc(C)c(NN(C)C(=O)c2ccccc2)c(C)c1. The summed E-state index contributed by atoms with van der Waals surface area (Å²) in [6.07, 6.45) is 0. The van der Waals surface area contributed by atoms with Crippen LogP contribution in [0.2, 0.25) is 0 Å². The number of rotatable bonds is 3. The second-order valence-electron chi connectivity index (χ2n) is 5.12. The summed E-state index contributed by atoms with van der Waals surface area (Å²) in [6.45, 7) is 6.16. The molecule has 20 heavy (non-hydrogen) atoms. The van der Waals surface area contributed by atoms with Crippen LogP contribution in [0, 0.1) is 20.8 Å². The van der Waals surface area contributed by atoms with Crippen molar-refractivity contribution in [1.29, 1.82) is 0 Å². The van der Waals surface area contributed by atoms with E-state index in [-0.39, 0.29) is 5.91 Å². The molecule has 1 amide bonds. The van der Waals surface area contributed by atoms with Gasteiger partial charge >= 0.3 is 0 Å². The highest BCUT2D eigenvalue weighted by atomic mass is 16.2. The standard InChI is InChI=1S/C17H20N2O/c1-12-10-13(2)16(14(3)11-12)18-19(4)17(20)15-8-6-5-7-9-15/h5-11,18H,1-4H3. The van der Waals surface area contributed by atoms with Gasteiger partial charge in [-0.2, -0.15) is 0 Å². The molecule has 1 N–H and O–H groups in total. The fourth-order valence-corrected chi connectivity index (χ4v) is 2.35. The van der Waals surface area contributed by atoms with Gasteiger partial charge in [-0.15, -0.1) is 0 Å². The summed E-state index contributed by atoms with van der Waals surface area (Å²) >= 11 is 0. The molecule has 0 aliphatic rings. The van der Waals surface area contributed by atoms with E-state index in [0.717, 1.165) is 16.8 Å². The third kappa shape index (κ3) is 2.99. The third-order valence-electron chi connectivity index (χ3n) is 3.28. The van der Waals surface area contributed by atoms with Crippen LogP contribution < -0.4 is 5.43 Å². The fourth-order valence-electron chi connectivity index (χ4n) is 2.35. The second-order valence-corrected chi connectivity index (χ2v) is 5.12. The van der Waals surface area contributed by atoms with E-state index in [1.807, 2.05) is 44.2 Å². The van der Waals surface area contributed by atoms with E-state index < -0.39 is 0 Å². The Bertz CT molecular complexity index is 597. The molecule has 0 fully saturated rings. The minimum atomic E-state index is -0.0509. The van der Waals surface area contributed by atoms with Crippen molar-refractivity contribution in [3.63, 3.8) is 0 Å². The first-order chi connectivity index (χ1) is 9.49. The molecule has 0 radical (unpaired) electrons. The number of carbonyl (C=O) groups excluding carboxylic acids is 1. The lowest BCUT2D eigenvalue weighted by molar-refractivity contribution is 0.0826. The highest BCUT2D eigenvalue weighted by Gasteiger charge is 2.13. The first-order valence-corrected chi connectivity index (χ1v) is 6.66. The maximum atomic E-state index is 12.3. The Kier molecular flexibility index (Phi) is 4.08. The molecule has 0 aliphatic heterocycles. The maximum Gasteiger partial charge on any atom is 0.271 e. The molecule has 0 unspecified atom stereocenters. The topological polar surface area (TPSA) is 32.3 Å². The lowest BCUT2D eigenvalue weighted by Crippen LogP contribution is -2.32. The average Bonchev–Trinajstić information content (AvgIpc) is 2.42. The van der Waals surface area contributed by atoms with Gasteiger partial charge in [0.1, 0.15) is 0 Å². The molecule has 0 saturated heterocycles. The van der Waals surface area contributed by atoms with Crippen molar-refractivity contribution >= 4 is 11.6 Å². The molecule has 0 aromatic heterocycles. The summed E-state index contributed by atoms with van der Waals surface area (Å²) < 4.78 is 0. The lowest BCUT2D eigenvalue weighted by atomic mass is 10.1. The van der Waals surface area contributed by atoms with Crippen molar-refractivity contribution in [3.8, 4) is 0 Å². The van der Waals surface area contributed by atoms with Gasteiger partial charge in [0.05, 0.1) is 5.69 Å². The van der Waals surface area contributed by atoms with Crippen molar-refractivity contribution in [1.82, 2.24) is 5.01 Å². The van der Waals surface area contributed by atoms with Gasteiger partial charge in [-0.25, -0.2) is 0 Å². The van der Waals surface area contributed by atoms with E-state index >= 15 is 0 Å². The molecule has 0 bridgehead atoms. The van der Waals surface area contributed by atoms with E-state index in [1.165, 1.54) is 10.6 Å². The zero-order valence-electron chi connectivity index (χ0n) is 12.4. The highest BCUT2D eigenvalue weighted by Crippen LogP contribution is 2.22. The van der Waals surface area contributed by atoms with Crippen LogP contribution in [0.25, 0.3) is 0 Å². The van der Waals surface area contributed by atoms with E-state index in [9.17, 15) is 4.79 Å². The van der Waals surface area contributed by atoms with Crippen LogP contribution in [0.15, 0.2) is 42.5 Å². The van der Waals surface area contributed by atoms with Crippen LogP contribution in [0.4, 0.5) is 5.69 Å². The minimum Gasteiger partial charge on any atom is -0.296 e. The molecule has 2 aromatic rings. The van der Waals surface area contributed by atoms with Gasteiger partial charge < -0.3 is 0 Å². The van der Waals surface area contributed by atoms with Crippen LogP contribution in [0.1, 0.15) is 27.0 Å². The molecular weight excluding hydrogens is 248 g/mol. The van der Waals surface area contributed by atoms with Gasteiger partial charge in [-0.1, -0.05) is 35.9 Å². The number of hydrogen-bond donors (Lipinski definition) is 1. The number of hydrogen-bond acceptors (Lipinski definition) is 2. The number of amides is 1. The fraction of sp³-hybridized carbons (Fsp3) is 0.235. The molecule has 3 nitrogen and oxygen atoms in total. The molecule has 3 heteroatoms. The van der Waals surface area contributed by atoms with E-state index in [1.54, 1.807) is 7.05 Å². The Morgan fingerprint density at radius 3 is 2.10 bits per heavy atom. The van der Waals surface area contributed by atoms with Gasteiger partial charge in [-0.3, -0.25) is 15.2 Å². The number of benzene rings is 2. The van der Waals surface area contributed by atoms with Gasteiger partial charge in [0, 0.05) is 12.6 Å². The van der Waals surface area contributed by atoms with Gasteiger partial charge in [0.15, 0.2) is 0 Å². The Balaban J connectivity index is 2.20. The minimum absolute atomic E-state index is 0.0509. The van der Waals surface area contributed by atoms with Gasteiger partial charge in [0.2, 0.25) is 0 Å². The van der Waals surface area contributed by atoms with Crippen LogP contribution in [0.3, 0.4) is 0 Å². The number of nitrogens with one attached hydrogen (secondary N) is 1. The maximum absolute atomic E-state index is 12.3.